The largest absolute Gasteiger partial charge is 0.494 e. The highest BCUT2D eigenvalue weighted by Crippen LogP contribution is 2.37. The molecule has 5 aromatic rings. The van der Waals surface area contributed by atoms with Crippen LogP contribution in [-0.4, -0.2) is 50.2 Å². The highest BCUT2D eigenvalue weighted by molar-refractivity contribution is 5.90. The van der Waals surface area contributed by atoms with Crippen molar-refractivity contribution in [3.05, 3.63) is 155 Å². The van der Waals surface area contributed by atoms with Crippen molar-refractivity contribution in [1.29, 1.82) is 0 Å². The third kappa shape index (κ3) is 16.4. The third-order valence-corrected chi connectivity index (χ3v) is 10.2. The molecule has 1 atom stereocenters. The van der Waals surface area contributed by atoms with Crippen LogP contribution < -0.4 is 30.4 Å². The van der Waals surface area contributed by atoms with Gasteiger partial charge in [0.05, 0.1) is 44.3 Å². The molecule has 0 spiro atoms. The van der Waals surface area contributed by atoms with Gasteiger partial charge in [0.1, 0.15) is 23.0 Å². The Hall–Kier alpha value is -7.10. The van der Waals surface area contributed by atoms with Crippen molar-refractivity contribution in [2.75, 3.05) is 44.6 Å². The average Bonchev–Trinajstić information content (AvgIpc) is 3.30. The fraction of sp³-hybridized carbons (Fsp3) is 0.294. The van der Waals surface area contributed by atoms with Crippen LogP contribution in [0.2, 0.25) is 0 Å². The van der Waals surface area contributed by atoms with Crippen LogP contribution in [0.3, 0.4) is 0 Å². The fourth-order valence-electron chi connectivity index (χ4n) is 6.71. The van der Waals surface area contributed by atoms with E-state index in [0.29, 0.717) is 85.6 Å². The number of aliphatic carboxylic acids is 1. The fourth-order valence-corrected chi connectivity index (χ4v) is 6.71. The molecule has 0 bridgehead atoms. The van der Waals surface area contributed by atoms with Crippen molar-refractivity contribution < 1.29 is 64.7 Å². The zero-order valence-electron chi connectivity index (χ0n) is 36.5. The Morgan fingerprint density at radius 3 is 1.60 bits per heavy atom. The molecular formula is C51H52F6N2O8. The zero-order valence-corrected chi connectivity index (χ0v) is 36.5. The summed E-state index contributed by atoms with van der Waals surface area (Å²) in [5, 5.41) is 9.81. The molecule has 10 nitrogen and oxygen atoms in total. The van der Waals surface area contributed by atoms with Gasteiger partial charge in [0, 0.05) is 29.4 Å². The van der Waals surface area contributed by atoms with Gasteiger partial charge in [-0.2, -0.15) is 17.6 Å². The lowest BCUT2D eigenvalue weighted by Crippen LogP contribution is -2.21. The number of alkyl halides is 6. The van der Waals surface area contributed by atoms with E-state index in [1.807, 2.05) is 0 Å². The Balaban J connectivity index is 1.20. The average molecular weight is 935 g/mol. The van der Waals surface area contributed by atoms with Gasteiger partial charge in [-0.3, -0.25) is 8.78 Å². The minimum Gasteiger partial charge on any atom is -0.494 e. The molecule has 0 aromatic heterocycles. The number of hydrogen-bond acceptors (Lipinski definition) is 9. The zero-order chi connectivity index (χ0) is 48.2. The van der Waals surface area contributed by atoms with Crippen molar-refractivity contribution in [3.8, 4) is 23.0 Å². The molecule has 0 saturated carbocycles. The number of nitrogen functional groups attached to an aromatic ring is 2. The van der Waals surface area contributed by atoms with Gasteiger partial charge in [-0.15, -0.1) is 0 Å². The molecule has 356 valence electrons. The van der Waals surface area contributed by atoms with Crippen molar-refractivity contribution in [1.82, 2.24) is 0 Å². The number of halogens is 6. The topological polar surface area (TPSA) is 153 Å². The highest BCUT2D eigenvalue weighted by atomic mass is 19.3. The van der Waals surface area contributed by atoms with E-state index in [2.05, 4.69) is 0 Å². The number of carbonyl (C=O) groups is 2. The van der Waals surface area contributed by atoms with Gasteiger partial charge in [-0.1, -0.05) is 30.3 Å². The number of benzene rings is 5. The number of carboxylic acid groups (broad SMARTS) is 1. The molecule has 0 aliphatic carbocycles. The molecule has 0 amide bonds. The minimum atomic E-state index is -3.74. The molecule has 0 heterocycles. The predicted octanol–water partition coefficient (Wildman–Crippen LogP) is 12.0. The number of esters is 1. The summed E-state index contributed by atoms with van der Waals surface area (Å²) in [5.74, 6) is -2.36. The normalized spacial score (nSPS) is 12.4. The minimum absolute atomic E-state index is 0.0370. The lowest BCUT2D eigenvalue weighted by atomic mass is 9.88. The number of allylic oxidation sites excluding steroid dienone is 1. The van der Waals surface area contributed by atoms with Crippen LogP contribution in [0.5, 0.6) is 23.0 Å². The lowest BCUT2D eigenvalue weighted by molar-refractivity contribution is -0.186. The van der Waals surface area contributed by atoms with Gasteiger partial charge in [-0.05, 0) is 158 Å². The van der Waals surface area contributed by atoms with Gasteiger partial charge in [0.25, 0.3) is 0 Å². The summed E-state index contributed by atoms with van der Waals surface area (Å²) < 4.78 is 112. The molecule has 0 saturated heterocycles. The first kappa shape index (κ1) is 50.9. The number of carboxylic acids is 1. The maximum Gasteiger partial charge on any atom is 0.426 e. The first-order valence-electron chi connectivity index (χ1n) is 21.5. The number of carbonyl (C=O) groups excluding carboxylic acids is 1. The van der Waals surface area contributed by atoms with E-state index in [0.717, 1.165) is 12.2 Å². The Labute approximate surface area is 384 Å². The molecule has 16 heteroatoms. The maximum absolute atomic E-state index is 15.2. The van der Waals surface area contributed by atoms with E-state index in [1.165, 1.54) is 109 Å². The molecule has 67 heavy (non-hydrogen) atoms. The molecule has 0 aliphatic rings. The van der Waals surface area contributed by atoms with Crippen LogP contribution in [0.4, 0.5) is 37.7 Å². The van der Waals surface area contributed by atoms with Crippen molar-refractivity contribution in [2.24, 2.45) is 0 Å². The molecule has 1 unspecified atom stereocenters. The summed E-state index contributed by atoms with van der Waals surface area (Å²) in [6.07, 6.45) is -0.525. The molecule has 5 aromatic carbocycles. The molecule has 5 N–H and O–H groups in total. The highest BCUT2D eigenvalue weighted by Gasteiger charge is 2.35. The van der Waals surface area contributed by atoms with Crippen LogP contribution in [0.1, 0.15) is 78.7 Å². The first-order chi connectivity index (χ1) is 32.1. The van der Waals surface area contributed by atoms with Gasteiger partial charge < -0.3 is 40.3 Å². The van der Waals surface area contributed by atoms with E-state index in [9.17, 15) is 32.3 Å². The molecule has 5 rings (SSSR count). The second-order valence-electron chi connectivity index (χ2n) is 15.3. The first-order valence-corrected chi connectivity index (χ1v) is 21.5. The van der Waals surface area contributed by atoms with Gasteiger partial charge >= 0.3 is 24.2 Å². The molecule has 0 fully saturated rings. The number of rotatable bonds is 27. The maximum atomic E-state index is 15.2. The second kappa shape index (κ2) is 25.0. The number of unbranched alkanes of at least 4 members (excludes halogenated alkanes) is 4. The number of anilines is 2. The third-order valence-electron chi connectivity index (χ3n) is 10.2. The van der Waals surface area contributed by atoms with E-state index in [1.54, 1.807) is 12.1 Å². The summed E-state index contributed by atoms with van der Waals surface area (Å²) in [6.45, 7) is -0.434. The second-order valence-corrected chi connectivity index (χ2v) is 15.3. The Morgan fingerprint density at radius 2 is 1.12 bits per heavy atom. The SMILES string of the molecule is Nc1ccc(C(COC(=O)/C=C/c2ccc(OC(F)(F)c3ccc(OCCCCCF)cc3)cc2)C/C(=C\C(=O)O)c2ccc(OC(F)(F)c3ccc(OCCCCCF)cc3)cc2)c(N)c1. The van der Waals surface area contributed by atoms with Crippen LogP contribution in [0.25, 0.3) is 11.6 Å². The number of ether oxygens (including phenoxy) is 5. The number of nitrogens with two attached hydrogens (primary N) is 2. The summed E-state index contributed by atoms with van der Waals surface area (Å²) in [5.41, 5.74) is 13.6. The monoisotopic (exact) mass is 934 g/mol. The summed E-state index contributed by atoms with van der Waals surface area (Å²) >= 11 is 0. The number of hydrogen-bond donors (Lipinski definition) is 3. The van der Waals surface area contributed by atoms with E-state index in [-0.39, 0.29) is 35.8 Å². The molecule has 0 radical (unpaired) electrons. The quantitative estimate of drug-likeness (QED) is 0.0152. The van der Waals surface area contributed by atoms with Crippen LogP contribution in [0, 0.1) is 0 Å². The van der Waals surface area contributed by atoms with Gasteiger partial charge in [0.15, 0.2) is 0 Å². The Morgan fingerprint density at radius 1 is 0.627 bits per heavy atom. The van der Waals surface area contributed by atoms with E-state index >= 15 is 8.78 Å². The van der Waals surface area contributed by atoms with Crippen LogP contribution in [0.15, 0.2) is 127 Å². The Kier molecular flexibility index (Phi) is 19.0. The van der Waals surface area contributed by atoms with Gasteiger partial charge in [0.2, 0.25) is 0 Å². The predicted molar refractivity (Wildman–Crippen MR) is 244 cm³/mol. The summed E-state index contributed by atoms with van der Waals surface area (Å²) in [7, 11) is 0. The standard InChI is InChI=1S/C51H52F6N2O8/c52-27-3-1-5-29-63-42-21-12-39(13-22-42)50(54,55)66-44-17-7-35(8-18-44)9-26-49(62)65-34-38(46-25-16-41(58)33-47(46)59)31-37(32-48(60)61)36-10-19-45(20-11-36)67-51(56,57)40-14-23-43(24-15-40)64-30-6-2-4-28-53/h7-26,32-33,38H,1-6,27-31,34,58-59H2,(H,60,61)/b26-9+,37-32+. The lowest BCUT2D eigenvalue weighted by Gasteiger charge is -2.22. The van der Waals surface area contributed by atoms with Crippen LogP contribution >= 0.6 is 0 Å². The summed E-state index contributed by atoms with van der Waals surface area (Å²) in [6, 6.07) is 26.0. The van der Waals surface area contributed by atoms with Gasteiger partial charge in [-0.25, -0.2) is 9.59 Å². The van der Waals surface area contributed by atoms with Crippen molar-refractivity contribution >= 4 is 35.0 Å². The molecule has 0 aliphatic heterocycles. The van der Waals surface area contributed by atoms with Crippen molar-refractivity contribution in [3.63, 3.8) is 0 Å². The Bertz CT molecular complexity index is 2400. The van der Waals surface area contributed by atoms with Crippen molar-refractivity contribution in [2.45, 2.75) is 63.1 Å². The van der Waals surface area contributed by atoms with E-state index in [4.69, 9.17) is 35.2 Å². The smallest absolute Gasteiger partial charge is 0.426 e. The van der Waals surface area contributed by atoms with E-state index < -0.39 is 54.5 Å². The van der Waals surface area contributed by atoms with Crippen LogP contribution in [-0.2, 0) is 26.5 Å². The summed E-state index contributed by atoms with van der Waals surface area (Å²) in [4.78, 5) is 25.0. The molecular weight excluding hydrogens is 883 g/mol.